The molecule has 2 aromatic rings. The van der Waals surface area contributed by atoms with Crippen LogP contribution in [0.1, 0.15) is 23.5 Å². The molecule has 0 saturated heterocycles. The van der Waals surface area contributed by atoms with Gasteiger partial charge in [-0.1, -0.05) is 24.3 Å². The summed E-state index contributed by atoms with van der Waals surface area (Å²) in [5, 5.41) is 0. The van der Waals surface area contributed by atoms with Crippen LogP contribution in [0, 0.1) is 0 Å². The summed E-state index contributed by atoms with van der Waals surface area (Å²) < 4.78 is 1.99. The molecular formula is C16H19N3O. The Balaban J connectivity index is 1.64. The van der Waals surface area contributed by atoms with Gasteiger partial charge in [0.1, 0.15) is 0 Å². The highest BCUT2D eigenvalue weighted by molar-refractivity contribution is 5.84. The number of aryl methyl sites for hydroxylation is 1. The topological polar surface area (TPSA) is 38.1 Å². The fourth-order valence-corrected chi connectivity index (χ4v) is 2.87. The van der Waals surface area contributed by atoms with Gasteiger partial charge in [0, 0.05) is 32.5 Å². The van der Waals surface area contributed by atoms with E-state index in [1.54, 1.807) is 12.5 Å². The van der Waals surface area contributed by atoms with Crippen LogP contribution in [0.3, 0.4) is 0 Å². The van der Waals surface area contributed by atoms with E-state index < -0.39 is 0 Å². The van der Waals surface area contributed by atoms with Crippen molar-refractivity contribution in [2.75, 3.05) is 13.6 Å². The first-order valence-corrected chi connectivity index (χ1v) is 7.04. The number of carbonyl (C=O) groups excluding carboxylic acids is 1. The number of hydrogen-bond acceptors (Lipinski definition) is 2. The summed E-state index contributed by atoms with van der Waals surface area (Å²) >= 11 is 0. The van der Waals surface area contributed by atoms with Crippen LogP contribution in [0.4, 0.5) is 0 Å². The van der Waals surface area contributed by atoms with Crippen molar-refractivity contribution in [3.63, 3.8) is 0 Å². The molecule has 1 aromatic heterocycles. The molecule has 20 heavy (non-hydrogen) atoms. The molecule has 0 saturated carbocycles. The van der Waals surface area contributed by atoms with E-state index in [0.29, 0.717) is 6.54 Å². The fourth-order valence-electron chi connectivity index (χ4n) is 2.87. The molecule has 1 atom stereocenters. The van der Waals surface area contributed by atoms with Crippen molar-refractivity contribution in [2.45, 2.75) is 25.3 Å². The Bertz CT molecular complexity index is 592. The SMILES string of the molecule is CN(CCn1ccnc1)C(=O)C1CCc2ccccc21. The number of aromatic nitrogens is 2. The van der Waals surface area contributed by atoms with E-state index in [9.17, 15) is 4.79 Å². The Morgan fingerprint density at radius 3 is 3.10 bits per heavy atom. The van der Waals surface area contributed by atoms with E-state index in [0.717, 1.165) is 19.4 Å². The molecule has 1 aliphatic carbocycles. The van der Waals surface area contributed by atoms with Crippen LogP contribution in [-0.4, -0.2) is 34.0 Å². The van der Waals surface area contributed by atoms with Crippen LogP contribution in [0.25, 0.3) is 0 Å². The van der Waals surface area contributed by atoms with Crippen molar-refractivity contribution in [1.82, 2.24) is 14.5 Å². The van der Waals surface area contributed by atoms with E-state index >= 15 is 0 Å². The average Bonchev–Trinajstić information content (AvgIpc) is 3.13. The highest BCUT2D eigenvalue weighted by atomic mass is 16.2. The molecule has 0 fully saturated rings. The van der Waals surface area contributed by atoms with Crippen molar-refractivity contribution in [3.05, 3.63) is 54.1 Å². The van der Waals surface area contributed by atoms with Gasteiger partial charge in [0.25, 0.3) is 0 Å². The second kappa shape index (κ2) is 5.49. The first-order valence-electron chi connectivity index (χ1n) is 7.04. The van der Waals surface area contributed by atoms with Gasteiger partial charge >= 0.3 is 0 Å². The quantitative estimate of drug-likeness (QED) is 0.852. The van der Waals surface area contributed by atoms with E-state index in [1.807, 2.05) is 28.8 Å². The largest absolute Gasteiger partial charge is 0.343 e. The third-order valence-corrected chi connectivity index (χ3v) is 4.06. The first-order chi connectivity index (χ1) is 9.75. The lowest BCUT2D eigenvalue weighted by molar-refractivity contribution is -0.131. The van der Waals surface area contributed by atoms with Gasteiger partial charge in [-0.2, -0.15) is 0 Å². The molecule has 1 aliphatic rings. The average molecular weight is 269 g/mol. The number of imidazole rings is 1. The van der Waals surface area contributed by atoms with Gasteiger partial charge in [-0.05, 0) is 24.0 Å². The standard InChI is InChI=1S/C16H19N3O/c1-18(10-11-19-9-8-17-12-19)16(20)15-7-6-13-4-2-3-5-14(13)15/h2-5,8-9,12,15H,6-7,10-11H2,1H3. The molecule has 4 nitrogen and oxygen atoms in total. The fraction of sp³-hybridized carbons (Fsp3) is 0.375. The molecule has 0 aliphatic heterocycles. The molecule has 3 rings (SSSR count). The second-order valence-electron chi connectivity index (χ2n) is 5.35. The van der Waals surface area contributed by atoms with Crippen molar-refractivity contribution in [1.29, 1.82) is 0 Å². The number of hydrogen-bond donors (Lipinski definition) is 0. The first kappa shape index (κ1) is 12.9. The van der Waals surface area contributed by atoms with Crippen LogP contribution in [0.5, 0.6) is 0 Å². The van der Waals surface area contributed by atoms with Gasteiger partial charge in [-0.3, -0.25) is 4.79 Å². The highest BCUT2D eigenvalue weighted by Gasteiger charge is 2.29. The Labute approximate surface area is 119 Å². The zero-order valence-corrected chi connectivity index (χ0v) is 11.7. The van der Waals surface area contributed by atoms with Crippen molar-refractivity contribution < 1.29 is 4.79 Å². The second-order valence-corrected chi connectivity index (χ2v) is 5.35. The Hall–Kier alpha value is -2.10. The number of carbonyl (C=O) groups is 1. The molecule has 1 aromatic carbocycles. The summed E-state index contributed by atoms with van der Waals surface area (Å²) in [7, 11) is 1.89. The number of benzene rings is 1. The zero-order chi connectivity index (χ0) is 13.9. The highest BCUT2D eigenvalue weighted by Crippen LogP contribution is 2.33. The summed E-state index contributed by atoms with van der Waals surface area (Å²) in [6.45, 7) is 1.50. The smallest absolute Gasteiger partial charge is 0.229 e. The Morgan fingerprint density at radius 2 is 2.30 bits per heavy atom. The van der Waals surface area contributed by atoms with E-state index in [4.69, 9.17) is 0 Å². The predicted molar refractivity (Wildman–Crippen MR) is 77.4 cm³/mol. The molecule has 1 unspecified atom stereocenters. The Morgan fingerprint density at radius 1 is 1.45 bits per heavy atom. The van der Waals surface area contributed by atoms with Crippen molar-refractivity contribution in [3.8, 4) is 0 Å². The molecule has 4 heteroatoms. The molecule has 104 valence electrons. The van der Waals surface area contributed by atoms with Crippen LogP contribution in [-0.2, 0) is 17.8 Å². The monoisotopic (exact) mass is 269 g/mol. The summed E-state index contributed by atoms with van der Waals surface area (Å²) in [5.41, 5.74) is 2.54. The molecule has 0 bridgehead atoms. The lowest BCUT2D eigenvalue weighted by Crippen LogP contribution is -2.33. The van der Waals surface area contributed by atoms with Crippen molar-refractivity contribution >= 4 is 5.91 Å². The lowest BCUT2D eigenvalue weighted by Gasteiger charge is -2.21. The zero-order valence-electron chi connectivity index (χ0n) is 11.7. The van der Waals surface area contributed by atoms with Gasteiger partial charge in [-0.15, -0.1) is 0 Å². The van der Waals surface area contributed by atoms with Crippen molar-refractivity contribution in [2.24, 2.45) is 0 Å². The lowest BCUT2D eigenvalue weighted by atomic mass is 10.00. The summed E-state index contributed by atoms with van der Waals surface area (Å²) in [4.78, 5) is 18.4. The summed E-state index contributed by atoms with van der Waals surface area (Å²) in [5.74, 6) is 0.272. The molecule has 0 radical (unpaired) electrons. The third kappa shape index (κ3) is 2.46. The third-order valence-electron chi connectivity index (χ3n) is 4.06. The van der Waals surface area contributed by atoms with Gasteiger partial charge in [0.2, 0.25) is 5.91 Å². The van der Waals surface area contributed by atoms with E-state index in [2.05, 4.69) is 23.2 Å². The van der Waals surface area contributed by atoms with Crippen LogP contribution in [0.15, 0.2) is 43.0 Å². The predicted octanol–water partition coefficient (Wildman–Crippen LogP) is 2.07. The number of fused-ring (bicyclic) bond motifs is 1. The maximum atomic E-state index is 12.6. The number of nitrogens with zero attached hydrogens (tertiary/aromatic N) is 3. The normalized spacial score (nSPS) is 16.9. The minimum absolute atomic E-state index is 0.0407. The molecule has 0 spiro atoms. The maximum absolute atomic E-state index is 12.6. The van der Waals surface area contributed by atoms with Crippen LogP contribution < -0.4 is 0 Å². The summed E-state index contributed by atoms with van der Waals surface area (Å²) in [6.07, 6.45) is 7.41. The van der Waals surface area contributed by atoms with Gasteiger partial charge in [-0.25, -0.2) is 4.98 Å². The van der Waals surface area contributed by atoms with Gasteiger partial charge in [0.05, 0.1) is 12.2 Å². The van der Waals surface area contributed by atoms with Crippen LogP contribution in [0.2, 0.25) is 0 Å². The number of rotatable bonds is 4. The van der Waals surface area contributed by atoms with Crippen LogP contribution >= 0.6 is 0 Å². The number of likely N-dealkylation sites (N-methyl/N-ethyl adjacent to an activating group) is 1. The molecular weight excluding hydrogens is 250 g/mol. The number of amides is 1. The molecule has 1 heterocycles. The maximum Gasteiger partial charge on any atom is 0.229 e. The van der Waals surface area contributed by atoms with E-state index in [-0.39, 0.29) is 11.8 Å². The minimum Gasteiger partial charge on any atom is -0.343 e. The summed E-state index contributed by atoms with van der Waals surface area (Å²) in [6, 6.07) is 8.30. The van der Waals surface area contributed by atoms with Gasteiger partial charge in [0.15, 0.2) is 0 Å². The molecule has 1 amide bonds. The van der Waals surface area contributed by atoms with E-state index in [1.165, 1.54) is 11.1 Å². The minimum atomic E-state index is 0.0407. The Kier molecular flexibility index (Phi) is 3.54. The molecule has 0 N–H and O–H groups in total. The van der Waals surface area contributed by atoms with Gasteiger partial charge < -0.3 is 9.47 Å².